The Kier molecular flexibility index (Phi) is 4.04. The van der Waals surface area contributed by atoms with Gasteiger partial charge in [-0.15, -0.1) is 4.98 Å². The van der Waals surface area contributed by atoms with Crippen LogP contribution in [0.15, 0.2) is 48.5 Å². The molecule has 0 saturated heterocycles. The molecule has 0 aliphatic rings. The maximum atomic E-state index is 12.0. The molecule has 3 rings (SSSR count). The molecule has 5 nitrogen and oxygen atoms in total. The number of rotatable bonds is 2. The van der Waals surface area contributed by atoms with E-state index in [1.807, 2.05) is 24.3 Å². The third-order valence-corrected chi connectivity index (χ3v) is 4.06. The molecule has 0 atom stereocenters. The lowest BCUT2D eigenvalue weighted by molar-refractivity contribution is -0.356. The molecular formula is C15H12ClN4OS+. The first-order valence-electron chi connectivity index (χ1n) is 6.44. The van der Waals surface area contributed by atoms with Gasteiger partial charge in [-0.3, -0.25) is 4.79 Å². The number of carbonyl (C=O) groups excluding carboxylic acids is 1. The SMILES string of the molecule is NC(NC(=O)c1cccc(Cl)c1)=[NH+]c1nc2ccccc2s1. The number of amides is 1. The summed E-state index contributed by atoms with van der Waals surface area (Å²) in [5.74, 6) is -0.224. The fraction of sp³-hybridized carbons (Fsp3) is 0. The van der Waals surface area contributed by atoms with E-state index in [2.05, 4.69) is 15.3 Å². The van der Waals surface area contributed by atoms with E-state index in [0.29, 0.717) is 15.7 Å². The molecule has 7 heteroatoms. The summed E-state index contributed by atoms with van der Waals surface area (Å²) in [4.78, 5) is 19.3. The number of hydrogen-bond donors (Lipinski definition) is 3. The molecule has 0 aliphatic heterocycles. The van der Waals surface area contributed by atoms with Crippen molar-refractivity contribution in [2.75, 3.05) is 0 Å². The Balaban J connectivity index is 1.78. The van der Waals surface area contributed by atoms with Gasteiger partial charge in [-0.05, 0) is 30.3 Å². The standard InChI is InChI=1S/C15H11ClN4OS/c16-10-5-3-4-9(8-10)13(21)19-14(17)20-15-18-11-6-1-2-7-12(11)22-15/h1-8H,(H3,17,18,19,20,21)/p+1. The molecule has 0 aliphatic carbocycles. The second-order valence-corrected chi connectivity index (χ2v) is 5.96. The number of halogens is 1. The summed E-state index contributed by atoms with van der Waals surface area (Å²) in [6, 6.07) is 14.4. The molecule has 1 amide bonds. The molecule has 1 aromatic heterocycles. The third kappa shape index (κ3) is 3.24. The highest BCUT2D eigenvalue weighted by molar-refractivity contribution is 7.21. The number of fused-ring (bicyclic) bond motifs is 1. The number of nitrogens with one attached hydrogen (secondary N) is 2. The maximum Gasteiger partial charge on any atom is 0.312 e. The van der Waals surface area contributed by atoms with Gasteiger partial charge < -0.3 is 5.73 Å². The predicted molar refractivity (Wildman–Crippen MR) is 88.4 cm³/mol. The summed E-state index contributed by atoms with van der Waals surface area (Å²) in [6.07, 6.45) is 0. The Bertz CT molecular complexity index is 842. The number of thiazole rings is 1. The summed E-state index contributed by atoms with van der Waals surface area (Å²) in [5.41, 5.74) is 7.12. The van der Waals surface area contributed by atoms with Gasteiger partial charge in [0.15, 0.2) is 0 Å². The fourth-order valence-electron chi connectivity index (χ4n) is 1.90. The van der Waals surface area contributed by atoms with Gasteiger partial charge in [0.25, 0.3) is 11.0 Å². The first kappa shape index (κ1) is 14.5. The van der Waals surface area contributed by atoms with Crippen LogP contribution >= 0.6 is 22.9 Å². The zero-order valence-electron chi connectivity index (χ0n) is 11.3. The van der Waals surface area contributed by atoms with E-state index in [9.17, 15) is 4.79 Å². The molecule has 3 aromatic rings. The van der Waals surface area contributed by atoms with Crippen LogP contribution in [-0.4, -0.2) is 16.9 Å². The topological polar surface area (TPSA) is 82.0 Å². The molecule has 0 spiro atoms. The Morgan fingerprint density at radius 3 is 2.82 bits per heavy atom. The van der Waals surface area contributed by atoms with E-state index in [1.165, 1.54) is 11.3 Å². The van der Waals surface area contributed by atoms with Crippen LogP contribution in [-0.2, 0) is 0 Å². The summed E-state index contributed by atoms with van der Waals surface area (Å²) >= 11 is 7.31. The minimum Gasteiger partial charge on any atom is -0.310 e. The highest BCUT2D eigenvalue weighted by Crippen LogP contribution is 2.21. The second-order valence-electron chi connectivity index (χ2n) is 4.49. The summed E-state index contributed by atoms with van der Waals surface area (Å²) < 4.78 is 1.04. The number of benzene rings is 2. The highest BCUT2D eigenvalue weighted by Gasteiger charge is 2.12. The van der Waals surface area contributed by atoms with Crippen molar-refractivity contribution in [3.05, 3.63) is 59.1 Å². The van der Waals surface area contributed by atoms with E-state index in [0.717, 1.165) is 10.2 Å². The third-order valence-electron chi connectivity index (χ3n) is 2.87. The quantitative estimate of drug-likeness (QED) is 0.490. The van der Waals surface area contributed by atoms with Crippen LogP contribution in [0.1, 0.15) is 10.4 Å². The molecular weight excluding hydrogens is 320 g/mol. The average Bonchev–Trinajstić information content (AvgIpc) is 2.89. The number of hydrogen-bond acceptors (Lipinski definition) is 3. The van der Waals surface area contributed by atoms with E-state index in [1.54, 1.807) is 24.3 Å². The van der Waals surface area contributed by atoms with Gasteiger partial charge in [0.2, 0.25) is 0 Å². The molecule has 22 heavy (non-hydrogen) atoms. The first-order chi connectivity index (χ1) is 10.6. The summed E-state index contributed by atoms with van der Waals surface area (Å²) in [7, 11) is 0. The largest absolute Gasteiger partial charge is 0.312 e. The number of aromatic nitrogens is 1. The second kappa shape index (κ2) is 6.13. The lowest BCUT2D eigenvalue weighted by atomic mass is 10.2. The Labute approximate surface area is 135 Å². The van der Waals surface area contributed by atoms with Gasteiger partial charge in [-0.2, -0.15) is 0 Å². The summed E-state index contributed by atoms with van der Waals surface area (Å²) in [6.45, 7) is 0. The van der Waals surface area contributed by atoms with E-state index < -0.39 is 0 Å². The Morgan fingerprint density at radius 1 is 1.23 bits per heavy atom. The van der Waals surface area contributed by atoms with Gasteiger partial charge in [-0.1, -0.05) is 41.1 Å². The molecule has 0 fully saturated rings. The van der Waals surface area contributed by atoms with Crippen molar-refractivity contribution < 1.29 is 9.79 Å². The molecule has 4 N–H and O–H groups in total. The first-order valence-corrected chi connectivity index (χ1v) is 7.63. The van der Waals surface area contributed by atoms with Crippen LogP contribution in [0.3, 0.4) is 0 Å². The molecule has 1 heterocycles. The molecule has 0 radical (unpaired) electrons. The van der Waals surface area contributed by atoms with Crippen molar-refractivity contribution in [2.45, 2.75) is 0 Å². The van der Waals surface area contributed by atoms with Crippen LogP contribution < -0.4 is 16.0 Å². The van der Waals surface area contributed by atoms with Crippen LogP contribution in [0.25, 0.3) is 10.2 Å². The number of para-hydroxylation sites is 1. The van der Waals surface area contributed by atoms with Crippen LogP contribution in [0.2, 0.25) is 5.02 Å². The van der Waals surface area contributed by atoms with Crippen molar-refractivity contribution in [2.24, 2.45) is 5.73 Å². The normalized spacial score (nSPS) is 11.6. The summed E-state index contributed by atoms with van der Waals surface area (Å²) in [5, 5.41) is 3.68. The highest BCUT2D eigenvalue weighted by atomic mass is 35.5. The van der Waals surface area contributed by atoms with Crippen LogP contribution in [0.4, 0.5) is 5.13 Å². The smallest absolute Gasteiger partial charge is 0.310 e. The van der Waals surface area contributed by atoms with Gasteiger partial charge in [0, 0.05) is 5.02 Å². The molecule has 2 aromatic carbocycles. The lowest BCUT2D eigenvalue weighted by Gasteiger charge is -2.00. The maximum absolute atomic E-state index is 12.0. The van der Waals surface area contributed by atoms with Gasteiger partial charge in [-0.25, -0.2) is 10.3 Å². The number of nitrogens with two attached hydrogens (primary N) is 1. The minimum atomic E-state index is -0.339. The fourth-order valence-corrected chi connectivity index (χ4v) is 2.96. The zero-order valence-corrected chi connectivity index (χ0v) is 12.9. The van der Waals surface area contributed by atoms with Gasteiger partial charge in [0.1, 0.15) is 5.52 Å². The monoisotopic (exact) mass is 331 g/mol. The van der Waals surface area contributed by atoms with Crippen molar-refractivity contribution in [3.8, 4) is 0 Å². The number of guanidine groups is 1. The molecule has 0 bridgehead atoms. The predicted octanol–water partition coefficient (Wildman–Crippen LogP) is 1.41. The minimum absolute atomic E-state index is 0.115. The van der Waals surface area contributed by atoms with Crippen molar-refractivity contribution in [3.63, 3.8) is 0 Å². The molecule has 110 valence electrons. The number of nitrogens with zero attached hydrogens (tertiary/aromatic N) is 1. The Hall–Kier alpha value is -2.44. The number of carbonyl (C=O) groups is 1. The zero-order chi connectivity index (χ0) is 15.5. The average molecular weight is 332 g/mol. The van der Waals surface area contributed by atoms with E-state index in [-0.39, 0.29) is 11.9 Å². The van der Waals surface area contributed by atoms with E-state index in [4.69, 9.17) is 17.3 Å². The van der Waals surface area contributed by atoms with Crippen LogP contribution in [0, 0.1) is 0 Å². The Morgan fingerprint density at radius 2 is 2.05 bits per heavy atom. The van der Waals surface area contributed by atoms with Crippen LogP contribution in [0.5, 0.6) is 0 Å². The van der Waals surface area contributed by atoms with Gasteiger partial charge in [0.05, 0.1) is 10.3 Å². The van der Waals surface area contributed by atoms with Crippen molar-refractivity contribution >= 4 is 50.2 Å². The van der Waals surface area contributed by atoms with E-state index >= 15 is 0 Å². The lowest BCUT2D eigenvalue weighted by Crippen LogP contribution is -2.74. The molecule has 0 saturated carbocycles. The van der Waals surface area contributed by atoms with Crippen molar-refractivity contribution in [1.29, 1.82) is 0 Å². The van der Waals surface area contributed by atoms with Crippen molar-refractivity contribution in [1.82, 2.24) is 10.3 Å². The van der Waals surface area contributed by atoms with Gasteiger partial charge >= 0.3 is 5.96 Å². The molecule has 0 unspecified atom stereocenters.